The fourth-order valence-corrected chi connectivity index (χ4v) is 5.87. The number of H-pyrrole nitrogens is 1. The third-order valence-corrected chi connectivity index (χ3v) is 8.34. The second-order valence-electron chi connectivity index (χ2n) is 8.79. The van der Waals surface area contributed by atoms with E-state index in [1.165, 1.54) is 11.2 Å². The number of hydrogen-bond donors (Lipinski definition) is 2. The van der Waals surface area contributed by atoms with Gasteiger partial charge in [-0.15, -0.1) is 0 Å². The van der Waals surface area contributed by atoms with E-state index in [2.05, 4.69) is 10.3 Å². The minimum atomic E-state index is -3.63. The molecule has 180 valence electrons. The molecule has 2 aromatic carbocycles. The Hall–Kier alpha value is -3.17. The number of carbonyl (C=O) groups excluding carboxylic acids is 2. The van der Waals surface area contributed by atoms with Crippen molar-refractivity contribution in [3.63, 3.8) is 0 Å². The summed E-state index contributed by atoms with van der Waals surface area (Å²) in [6.07, 6.45) is 2.21. The van der Waals surface area contributed by atoms with E-state index < -0.39 is 16.1 Å². The SMILES string of the molecule is CC(=O)N[C@@H](Cc1c[nH]c2ccccc12)C(=O)N1CCN(S(=O)(=O)c2ccc(C)c(C)c2)CC1. The molecular formula is C25H30N4O4S. The van der Waals surface area contributed by atoms with Crippen LogP contribution < -0.4 is 5.32 Å². The summed E-state index contributed by atoms with van der Waals surface area (Å²) in [5.41, 5.74) is 3.87. The van der Waals surface area contributed by atoms with E-state index >= 15 is 0 Å². The van der Waals surface area contributed by atoms with E-state index in [0.29, 0.717) is 6.42 Å². The van der Waals surface area contributed by atoms with Gasteiger partial charge in [-0.3, -0.25) is 9.59 Å². The van der Waals surface area contributed by atoms with Gasteiger partial charge in [0.1, 0.15) is 6.04 Å². The number of para-hydroxylation sites is 1. The zero-order valence-corrected chi connectivity index (χ0v) is 20.5. The van der Waals surface area contributed by atoms with Crippen LogP contribution >= 0.6 is 0 Å². The molecule has 34 heavy (non-hydrogen) atoms. The van der Waals surface area contributed by atoms with Crippen LogP contribution in [0, 0.1) is 13.8 Å². The molecular weight excluding hydrogens is 452 g/mol. The first-order chi connectivity index (χ1) is 16.2. The maximum Gasteiger partial charge on any atom is 0.245 e. The Labute approximate surface area is 200 Å². The van der Waals surface area contributed by atoms with Gasteiger partial charge in [0.15, 0.2) is 0 Å². The predicted molar refractivity (Wildman–Crippen MR) is 131 cm³/mol. The smallest absolute Gasteiger partial charge is 0.245 e. The van der Waals surface area contributed by atoms with Crippen LogP contribution in [0.25, 0.3) is 10.9 Å². The number of piperazine rings is 1. The lowest BCUT2D eigenvalue weighted by Gasteiger charge is -2.36. The van der Waals surface area contributed by atoms with Gasteiger partial charge in [0.2, 0.25) is 21.8 Å². The van der Waals surface area contributed by atoms with Crippen molar-refractivity contribution in [2.45, 2.75) is 38.1 Å². The summed E-state index contributed by atoms with van der Waals surface area (Å²) in [5, 5.41) is 3.79. The molecule has 1 aromatic heterocycles. The number of amides is 2. The highest BCUT2D eigenvalue weighted by Gasteiger charge is 2.33. The van der Waals surface area contributed by atoms with Gasteiger partial charge in [-0.25, -0.2) is 8.42 Å². The zero-order chi connectivity index (χ0) is 24.5. The Kier molecular flexibility index (Phi) is 6.77. The summed E-state index contributed by atoms with van der Waals surface area (Å²) in [6.45, 7) is 6.18. The van der Waals surface area contributed by atoms with Crippen molar-refractivity contribution in [3.8, 4) is 0 Å². The number of aromatic nitrogens is 1. The first-order valence-corrected chi connectivity index (χ1v) is 12.8. The molecule has 2 amide bonds. The summed E-state index contributed by atoms with van der Waals surface area (Å²) in [5.74, 6) is -0.488. The molecule has 0 aliphatic carbocycles. The van der Waals surface area contributed by atoms with Gasteiger partial charge in [-0.05, 0) is 48.7 Å². The highest BCUT2D eigenvalue weighted by molar-refractivity contribution is 7.89. The predicted octanol–water partition coefficient (Wildman–Crippen LogP) is 2.37. The largest absolute Gasteiger partial charge is 0.361 e. The van der Waals surface area contributed by atoms with Gasteiger partial charge in [0.05, 0.1) is 4.90 Å². The van der Waals surface area contributed by atoms with E-state index in [1.54, 1.807) is 17.0 Å². The average molecular weight is 483 g/mol. The number of nitrogens with zero attached hydrogens (tertiary/aromatic N) is 2. The number of aromatic amines is 1. The number of carbonyl (C=O) groups is 2. The van der Waals surface area contributed by atoms with Crippen molar-refractivity contribution in [1.29, 1.82) is 0 Å². The molecule has 1 fully saturated rings. The van der Waals surface area contributed by atoms with Crippen LogP contribution in [0.2, 0.25) is 0 Å². The van der Waals surface area contributed by atoms with Gasteiger partial charge >= 0.3 is 0 Å². The van der Waals surface area contributed by atoms with Gasteiger partial charge in [-0.2, -0.15) is 4.31 Å². The van der Waals surface area contributed by atoms with Crippen LogP contribution in [0.1, 0.15) is 23.6 Å². The average Bonchev–Trinajstić information content (AvgIpc) is 3.22. The highest BCUT2D eigenvalue weighted by atomic mass is 32.2. The summed E-state index contributed by atoms with van der Waals surface area (Å²) >= 11 is 0. The molecule has 3 aromatic rings. The quantitative estimate of drug-likeness (QED) is 0.563. The minimum absolute atomic E-state index is 0.205. The van der Waals surface area contributed by atoms with Crippen molar-refractivity contribution in [3.05, 3.63) is 65.4 Å². The van der Waals surface area contributed by atoms with Gasteiger partial charge in [0, 0.05) is 56.6 Å². The van der Waals surface area contributed by atoms with Crippen molar-refractivity contribution < 1.29 is 18.0 Å². The molecule has 1 aliphatic heterocycles. The second kappa shape index (κ2) is 9.60. The van der Waals surface area contributed by atoms with Crippen LogP contribution in [0.3, 0.4) is 0 Å². The molecule has 9 heteroatoms. The van der Waals surface area contributed by atoms with Crippen LogP contribution in [0.5, 0.6) is 0 Å². The molecule has 0 saturated carbocycles. The first-order valence-electron chi connectivity index (χ1n) is 11.3. The molecule has 2 heterocycles. The fourth-order valence-electron chi connectivity index (χ4n) is 4.36. The lowest BCUT2D eigenvalue weighted by molar-refractivity contribution is -0.137. The number of sulfonamides is 1. The lowest BCUT2D eigenvalue weighted by atomic mass is 10.0. The second-order valence-corrected chi connectivity index (χ2v) is 10.7. The number of rotatable bonds is 6. The Morgan fingerprint density at radius 1 is 1.03 bits per heavy atom. The number of benzene rings is 2. The van der Waals surface area contributed by atoms with E-state index in [4.69, 9.17) is 0 Å². The van der Waals surface area contributed by atoms with Crippen LogP contribution in [0.15, 0.2) is 53.6 Å². The summed E-state index contributed by atoms with van der Waals surface area (Å²) in [6, 6.07) is 12.2. The van der Waals surface area contributed by atoms with E-state index in [-0.39, 0.29) is 42.9 Å². The Balaban J connectivity index is 1.46. The number of fused-ring (bicyclic) bond motifs is 1. The Morgan fingerprint density at radius 2 is 1.74 bits per heavy atom. The molecule has 8 nitrogen and oxygen atoms in total. The minimum Gasteiger partial charge on any atom is -0.361 e. The third kappa shape index (κ3) is 4.85. The van der Waals surface area contributed by atoms with Crippen molar-refractivity contribution in [2.24, 2.45) is 0 Å². The first kappa shape index (κ1) is 24.0. The highest BCUT2D eigenvalue weighted by Crippen LogP contribution is 2.22. The van der Waals surface area contributed by atoms with Crippen molar-refractivity contribution >= 4 is 32.7 Å². The van der Waals surface area contributed by atoms with Crippen LogP contribution in [0.4, 0.5) is 0 Å². The van der Waals surface area contributed by atoms with E-state index in [9.17, 15) is 18.0 Å². The molecule has 0 unspecified atom stereocenters. The Morgan fingerprint density at radius 3 is 2.41 bits per heavy atom. The maximum atomic E-state index is 13.3. The molecule has 0 bridgehead atoms. The molecule has 1 aliphatic rings. The van der Waals surface area contributed by atoms with Gasteiger partial charge < -0.3 is 15.2 Å². The van der Waals surface area contributed by atoms with E-state index in [1.807, 2.05) is 50.4 Å². The third-order valence-electron chi connectivity index (χ3n) is 6.44. The normalized spacial score (nSPS) is 15.9. The lowest BCUT2D eigenvalue weighted by Crippen LogP contribution is -2.56. The molecule has 4 rings (SSSR count). The summed E-state index contributed by atoms with van der Waals surface area (Å²) in [7, 11) is -3.63. The monoisotopic (exact) mass is 482 g/mol. The molecule has 0 spiro atoms. The van der Waals surface area contributed by atoms with Gasteiger partial charge in [-0.1, -0.05) is 24.3 Å². The zero-order valence-electron chi connectivity index (χ0n) is 19.7. The van der Waals surface area contributed by atoms with E-state index in [0.717, 1.165) is 27.6 Å². The standard InChI is InChI=1S/C25H30N4O4S/c1-17-8-9-21(14-18(17)2)34(32,33)29-12-10-28(11-13-29)25(31)24(27-19(3)30)15-20-16-26-23-7-5-4-6-22(20)23/h4-9,14,16,24,26H,10-13,15H2,1-3H3,(H,27,30)/t24-/m0/s1. The number of nitrogens with one attached hydrogen (secondary N) is 2. The fraction of sp³-hybridized carbons (Fsp3) is 0.360. The maximum absolute atomic E-state index is 13.3. The summed E-state index contributed by atoms with van der Waals surface area (Å²) < 4.78 is 27.6. The molecule has 0 radical (unpaired) electrons. The molecule has 1 atom stereocenters. The molecule has 1 saturated heterocycles. The van der Waals surface area contributed by atoms with Crippen LogP contribution in [-0.4, -0.2) is 66.6 Å². The summed E-state index contributed by atoms with van der Waals surface area (Å²) in [4.78, 5) is 30.3. The van der Waals surface area contributed by atoms with Crippen molar-refractivity contribution in [1.82, 2.24) is 19.5 Å². The topological polar surface area (TPSA) is 103 Å². The molecule has 2 N–H and O–H groups in total. The van der Waals surface area contributed by atoms with Gasteiger partial charge in [0.25, 0.3) is 0 Å². The van der Waals surface area contributed by atoms with Crippen LogP contribution in [-0.2, 0) is 26.0 Å². The number of aryl methyl sites for hydroxylation is 2. The Bertz CT molecular complexity index is 1320. The number of hydrogen-bond acceptors (Lipinski definition) is 4. The van der Waals surface area contributed by atoms with Crippen molar-refractivity contribution in [2.75, 3.05) is 26.2 Å².